The van der Waals surface area contributed by atoms with Crippen molar-refractivity contribution in [2.45, 2.75) is 5.88 Å². The summed E-state index contributed by atoms with van der Waals surface area (Å²) in [4.78, 5) is 4.31. The van der Waals surface area contributed by atoms with Crippen LogP contribution in [-0.4, -0.2) is 12.1 Å². The molecule has 0 spiro atoms. The van der Waals surface area contributed by atoms with Gasteiger partial charge in [0.25, 0.3) is 0 Å². The maximum absolute atomic E-state index is 5.69. The van der Waals surface area contributed by atoms with Gasteiger partial charge in [0.05, 0.1) is 18.7 Å². The summed E-state index contributed by atoms with van der Waals surface area (Å²) in [7, 11) is 1.65. The lowest BCUT2D eigenvalue weighted by Crippen LogP contribution is -1.91. The van der Waals surface area contributed by atoms with E-state index >= 15 is 0 Å². The third-order valence-corrected chi connectivity index (χ3v) is 3.09. The summed E-state index contributed by atoms with van der Waals surface area (Å²) in [6.45, 7) is 0. The number of thiazole rings is 1. The average Bonchev–Trinajstić information content (AvgIpc) is 2.77. The Balaban J connectivity index is 0.00000144. The molecule has 0 radical (unpaired) electrons. The van der Waals surface area contributed by atoms with Crippen molar-refractivity contribution in [3.8, 4) is 5.75 Å². The Bertz CT molecular complexity index is 476. The zero-order valence-electron chi connectivity index (χ0n) is 9.14. The second-order valence-electron chi connectivity index (χ2n) is 3.13. The van der Waals surface area contributed by atoms with Gasteiger partial charge in [0.15, 0.2) is 5.13 Å². The molecule has 1 aromatic carbocycles. The molecule has 2 aromatic rings. The minimum absolute atomic E-state index is 0. The van der Waals surface area contributed by atoms with Crippen LogP contribution in [0, 0.1) is 0 Å². The van der Waals surface area contributed by atoms with Gasteiger partial charge in [-0.3, -0.25) is 0 Å². The minimum Gasteiger partial charge on any atom is -0.497 e. The molecule has 1 aromatic heterocycles. The number of aromatic nitrogens is 1. The topological polar surface area (TPSA) is 34.1 Å². The van der Waals surface area contributed by atoms with Gasteiger partial charge in [-0.15, -0.1) is 35.3 Å². The smallest absolute Gasteiger partial charge is 0.187 e. The predicted molar refractivity (Wildman–Crippen MR) is 75.2 cm³/mol. The predicted octanol–water partition coefficient (Wildman–Crippen LogP) is 4.06. The van der Waals surface area contributed by atoms with E-state index in [0.717, 1.165) is 22.3 Å². The first-order valence-electron chi connectivity index (χ1n) is 4.73. The number of nitrogens with one attached hydrogen (secondary N) is 1. The number of hydrogen-bond acceptors (Lipinski definition) is 4. The molecular formula is C11H12Cl2N2OS. The van der Waals surface area contributed by atoms with Gasteiger partial charge in [-0.1, -0.05) is 6.07 Å². The molecule has 0 bridgehead atoms. The number of anilines is 2. The van der Waals surface area contributed by atoms with Crippen molar-refractivity contribution in [1.29, 1.82) is 0 Å². The Labute approximate surface area is 115 Å². The summed E-state index contributed by atoms with van der Waals surface area (Å²) in [5, 5.41) is 5.98. The van der Waals surface area contributed by atoms with Crippen LogP contribution in [0.25, 0.3) is 0 Å². The van der Waals surface area contributed by atoms with Crippen molar-refractivity contribution in [3.63, 3.8) is 0 Å². The van der Waals surface area contributed by atoms with Gasteiger partial charge >= 0.3 is 0 Å². The molecule has 0 amide bonds. The molecule has 92 valence electrons. The van der Waals surface area contributed by atoms with Gasteiger partial charge in [-0.05, 0) is 12.1 Å². The molecule has 0 aliphatic rings. The molecule has 2 rings (SSSR count). The standard InChI is InChI=1S/C11H11ClN2OS.ClH/c1-15-10-4-2-3-8(5-10)13-11-14-9(6-12)7-16-11;/h2-5,7H,6H2,1H3,(H,13,14);1H. The maximum Gasteiger partial charge on any atom is 0.187 e. The van der Waals surface area contributed by atoms with E-state index in [1.807, 2.05) is 29.6 Å². The van der Waals surface area contributed by atoms with E-state index in [1.54, 1.807) is 7.11 Å². The van der Waals surface area contributed by atoms with Crippen molar-refractivity contribution >= 4 is 46.2 Å². The fourth-order valence-corrected chi connectivity index (χ4v) is 2.21. The van der Waals surface area contributed by atoms with E-state index in [-0.39, 0.29) is 12.4 Å². The first kappa shape index (κ1) is 14.1. The first-order chi connectivity index (χ1) is 7.81. The lowest BCUT2D eigenvalue weighted by molar-refractivity contribution is 0.415. The quantitative estimate of drug-likeness (QED) is 0.863. The Morgan fingerprint density at radius 2 is 2.29 bits per heavy atom. The molecule has 0 aliphatic heterocycles. The van der Waals surface area contributed by atoms with Crippen molar-refractivity contribution in [3.05, 3.63) is 35.3 Å². The molecule has 0 fully saturated rings. The third kappa shape index (κ3) is 3.77. The molecule has 0 saturated carbocycles. The van der Waals surface area contributed by atoms with Crippen LogP contribution < -0.4 is 10.1 Å². The monoisotopic (exact) mass is 290 g/mol. The number of alkyl halides is 1. The van der Waals surface area contributed by atoms with Gasteiger partial charge < -0.3 is 10.1 Å². The zero-order chi connectivity index (χ0) is 11.4. The molecule has 6 heteroatoms. The van der Waals surface area contributed by atoms with E-state index in [9.17, 15) is 0 Å². The van der Waals surface area contributed by atoms with Crippen LogP contribution in [0.3, 0.4) is 0 Å². The van der Waals surface area contributed by atoms with Gasteiger partial charge in [0, 0.05) is 17.1 Å². The number of hydrogen-bond donors (Lipinski definition) is 1. The van der Waals surface area contributed by atoms with Gasteiger partial charge in [-0.2, -0.15) is 0 Å². The van der Waals surface area contributed by atoms with Crippen molar-refractivity contribution in [2.75, 3.05) is 12.4 Å². The molecule has 0 saturated heterocycles. The van der Waals surface area contributed by atoms with Crippen LogP contribution in [0.15, 0.2) is 29.6 Å². The highest BCUT2D eigenvalue weighted by molar-refractivity contribution is 7.13. The lowest BCUT2D eigenvalue weighted by atomic mass is 10.3. The summed E-state index contributed by atoms with van der Waals surface area (Å²) in [6.07, 6.45) is 0. The zero-order valence-corrected chi connectivity index (χ0v) is 11.5. The van der Waals surface area contributed by atoms with E-state index in [2.05, 4.69) is 10.3 Å². The number of rotatable bonds is 4. The highest BCUT2D eigenvalue weighted by atomic mass is 35.5. The summed E-state index contributed by atoms with van der Waals surface area (Å²) in [6, 6.07) is 7.71. The number of ether oxygens (including phenoxy) is 1. The van der Waals surface area contributed by atoms with E-state index in [0.29, 0.717) is 5.88 Å². The van der Waals surface area contributed by atoms with Gasteiger partial charge in [-0.25, -0.2) is 4.98 Å². The van der Waals surface area contributed by atoms with Crippen molar-refractivity contribution < 1.29 is 4.74 Å². The van der Waals surface area contributed by atoms with Gasteiger partial charge in [0.2, 0.25) is 0 Å². The van der Waals surface area contributed by atoms with E-state index in [4.69, 9.17) is 16.3 Å². The molecule has 1 heterocycles. The third-order valence-electron chi connectivity index (χ3n) is 2.01. The van der Waals surface area contributed by atoms with Gasteiger partial charge in [0.1, 0.15) is 5.75 Å². The van der Waals surface area contributed by atoms with Crippen LogP contribution in [0.2, 0.25) is 0 Å². The van der Waals surface area contributed by atoms with Crippen LogP contribution in [-0.2, 0) is 5.88 Å². The SMILES string of the molecule is COc1cccc(Nc2nc(CCl)cs2)c1.Cl. The summed E-state index contributed by atoms with van der Waals surface area (Å²) < 4.78 is 5.14. The fraction of sp³-hybridized carbons (Fsp3) is 0.182. The lowest BCUT2D eigenvalue weighted by Gasteiger charge is -2.04. The van der Waals surface area contributed by atoms with Crippen molar-refractivity contribution in [1.82, 2.24) is 4.98 Å². The molecule has 3 nitrogen and oxygen atoms in total. The second kappa shape index (κ2) is 6.69. The molecule has 0 unspecified atom stereocenters. The first-order valence-corrected chi connectivity index (χ1v) is 6.14. The average molecular weight is 291 g/mol. The summed E-state index contributed by atoms with van der Waals surface area (Å²) in [5.41, 5.74) is 1.84. The van der Waals surface area contributed by atoms with Crippen LogP contribution in [0.1, 0.15) is 5.69 Å². The maximum atomic E-state index is 5.69. The highest BCUT2D eigenvalue weighted by Crippen LogP contribution is 2.24. The van der Waals surface area contributed by atoms with Crippen molar-refractivity contribution in [2.24, 2.45) is 0 Å². The minimum atomic E-state index is 0. The number of halogens is 2. The fourth-order valence-electron chi connectivity index (χ4n) is 1.25. The Morgan fingerprint density at radius 1 is 1.47 bits per heavy atom. The summed E-state index contributed by atoms with van der Waals surface area (Å²) in [5.74, 6) is 1.26. The van der Waals surface area contributed by atoms with E-state index < -0.39 is 0 Å². The largest absolute Gasteiger partial charge is 0.497 e. The number of methoxy groups -OCH3 is 1. The molecule has 0 atom stereocenters. The Kier molecular flexibility index (Phi) is 5.55. The van der Waals surface area contributed by atoms with E-state index in [1.165, 1.54) is 11.3 Å². The van der Waals surface area contributed by atoms with Crippen LogP contribution in [0.4, 0.5) is 10.8 Å². The second-order valence-corrected chi connectivity index (χ2v) is 4.26. The Hall–Kier alpha value is -0.970. The Morgan fingerprint density at radius 3 is 2.94 bits per heavy atom. The molecule has 0 aliphatic carbocycles. The molecular weight excluding hydrogens is 279 g/mol. The highest BCUT2D eigenvalue weighted by Gasteiger charge is 2.01. The van der Waals surface area contributed by atoms with Crippen LogP contribution in [0.5, 0.6) is 5.75 Å². The normalized spacial score (nSPS) is 9.53. The molecule has 1 N–H and O–H groups in total. The summed E-state index contributed by atoms with van der Waals surface area (Å²) >= 11 is 7.22. The number of benzene rings is 1. The number of nitrogens with zero attached hydrogens (tertiary/aromatic N) is 1. The molecule has 17 heavy (non-hydrogen) atoms. The van der Waals surface area contributed by atoms with Crippen LogP contribution >= 0.6 is 35.3 Å².